The van der Waals surface area contributed by atoms with Crippen LogP contribution >= 0.6 is 0 Å². The molecule has 1 heterocycles. The Hall–Kier alpha value is -1.46. The maximum atomic E-state index is 11.0. The van der Waals surface area contributed by atoms with Gasteiger partial charge in [-0.2, -0.15) is 0 Å². The predicted octanol–water partition coefficient (Wildman–Crippen LogP) is 1.14. The first-order valence-corrected chi connectivity index (χ1v) is 6.53. The molecule has 5 nitrogen and oxygen atoms in total. The van der Waals surface area contributed by atoms with Gasteiger partial charge in [-0.15, -0.1) is 0 Å². The monoisotopic (exact) mass is 266 g/mol. The van der Waals surface area contributed by atoms with E-state index >= 15 is 0 Å². The summed E-state index contributed by atoms with van der Waals surface area (Å²) < 4.78 is 10.0. The van der Waals surface area contributed by atoms with Gasteiger partial charge in [0, 0.05) is 25.5 Å². The molecule has 1 aromatic rings. The van der Waals surface area contributed by atoms with Crippen LogP contribution in [-0.4, -0.2) is 55.8 Å². The summed E-state index contributed by atoms with van der Waals surface area (Å²) in [6.07, 6.45) is 4.59. The first-order valence-electron chi connectivity index (χ1n) is 6.53. The summed E-state index contributed by atoms with van der Waals surface area (Å²) in [6.45, 7) is 4.49. The van der Waals surface area contributed by atoms with Gasteiger partial charge in [-0.1, -0.05) is 0 Å². The van der Waals surface area contributed by atoms with Crippen LogP contribution in [-0.2, 0) is 20.7 Å². The normalized spacial score (nSPS) is 10.7. The average molecular weight is 266 g/mol. The van der Waals surface area contributed by atoms with Gasteiger partial charge in [-0.3, -0.25) is 4.98 Å². The number of rotatable bonds is 9. The van der Waals surface area contributed by atoms with E-state index in [4.69, 9.17) is 9.47 Å². The lowest BCUT2D eigenvalue weighted by Gasteiger charge is -2.16. The molecule has 0 spiro atoms. The number of ether oxygens (including phenoxy) is 2. The van der Waals surface area contributed by atoms with E-state index in [9.17, 15) is 4.79 Å². The number of likely N-dealkylation sites (N-methyl/N-ethyl adjacent to an activating group) is 1. The summed E-state index contributed by atoms with van der Waals surface area (Å²) in [5.41, 5.74) is 1.27. The lowest BCUT2D eigenvalue weighted by atomic mass is 10.2. The van der Waals surface area contributed by atoms with Crippen LogP contribution in [0.1, 0.15) is 12.5 Å². The quantitative estimate of drug-likeness (QED) is 0.495. The molecular weight excluding hydrogens is 244 g/mol. The fraction of sp³-hybridized carbons (Fsp3) is 0.571. The van der Waals surface area contributed by atoms with Crippen LogP contribution in [0.15, 0.2) is 24.5 Å². The molecule has 0 fully saturated rings. The minimum absolute atomic E-state index is 0.0338. The topological polar surface area (TPSA) is 51.7 Å². The van der Waals surface area contributed by atoms with E-state index in [1.165, 1.54) is 5.56 Å². The van der Waals surface area contributed by atoms with Gasteiger partial charge in [0.15, 0.2) is 0 Å². The fourth-order valence-electron chi connectivity index (χ4n) is 1.56. The Bertz CT molecular complexity index is 357. The van der Waals surface area contributed by atoms with Crippen molar-refractivity contribution in [3.05, 3.63) is 30.1 Å². The predicted molar refractivity (Wildman–Crippen MR) is 72.9 cm³/mol. The molecule has 19 heavy (non-hydrogen) atoms. The highest BCUT2D eigenvalue weighted by Gasteiger charge is 2.03. The maximum absolute atomic E-state index is 11.0. The van der Waals surface area contributed by atoms with E-state index in [0.29, 0.717) is 13.2 Å². The van der Waals surface area contributed by atoms with Gasteiger partial charge in [0.25, 0.3) is 0 Å². The number of esters is 1. The van der Waals surface area contributed by atoms with Gasteiger partial charge in [-0.25, -0.2) is 4.79 Å². The molecule has 0 aliphatic rings. The van der Waals surface area contributed by atoms with Crippen molar-refractivity contribution in [2.24, 2.45) is 0 Å². The zero-order chi connectivity index (χ0) is 13.9. The lowest BCUT2D eigenvalue weighted by molar-refractivity contribution is -0.148. The van der Waals surface area contributed by atoms with Crippen molar-refractivity contribution in [2.45, 2.75) is 13.3 Å². The molecular formula is C14H22N2O3. The van der Waals surface area contributed by atoms with E-state index in [0.717, 1.165) is 19.5 Å². The maximum Gasteiger partial charge on any atom is 0.332 e. The molecule has 0 radical (unpaired) electrons. The second-order valence-corrected chi connectivity index (χ2v) is 4.27. The van der Waals surface area contributed by atoms with Crippen molar-refractivity contribution in [3.8, 4) is 0 Å². The lowest BCUT2D eigenvalue weighted by Crippen LogP contribution is -2.26. The van der Waals surface area contributed by atoms with Crippen LogP contribution in [0.2, 0.25) is 0 Å². The highest BCUT2D eigenvalue weighted by atomic mass is 16.6. The van der Waals surface area contributed by atoms with Crippen molar-refractivity contribution in [1.82, 2.24) is 9.88 Å². The molecule has 0 unspecified atom stereocenters. The third-order valence-electron chi connectivity index (χ3n) is 2.67. The Morgan fingerprint density at radius 2 is 2.05 bits per heavy atom. The van der Waals surface area contributed by atoms with E-state index in [1.54, 1.807) is 19.3 Å². The van der Waals surface area contributed by atoms with Gasteiger partial charge < -0.3 is 14.4 Å². The number of carbonyl (C=O) groups is 1. The molecule has 0 aromatic carbocycles. The number of hydrogen-bond donors (Lipinski definition) is 0. The minimum Gasteiger partial charge on any atom is -0.464 e. The van der Waals surface area contributed by atoms with Gasteiger partial charge in [-0.05, 0) is 38.1 Å². The van der Waals surface area contributed by atoms with Crippen LogP contribution in [0.4, 0.5) is 0 Å². The molecule has 0 saturated carbocycles. The highest BCUT2D eigenvalue weighted by Crippen LogP contribution is 1.98. The van der Waals surface area contributed by atoms with Crippen LogP contribution in [0.25, 0.3) is 0 Å². The molecule has 5 heteroatoms. The summed E-state index contributed by atoms with van der Waals surface area (Å²) >= 11 is 0. The SMILES string of the molecule is CCOC(=O)COCCN(C)CCc1ccncc1. The summed E-state index contributed by atoms with van der Waals surface area (Å²) in [4.78, 5) is 17.2. The number of nitrogens with zero attached hydrogens (tertiary/aromatic N) is 2. The molecule has 0 aliphatic heterocycles. The molecule has 106 valence electrons. The molecule has 0 aliphatic carbocycles. The van der Waals surface area contributed by atoms with Gasteiger partial charge >= 0.3 is 5.97 Å². The van der Waals surface area contributed by atoms with Crippen molar-refractivity contribution >= 4 is 5.97 Å². The van der Waals surface area contributed by atoms with Gasteiger partial charge in [0.05, 0.1) is 13.2 Å². The number of hydrogen-bond acceptors (Lipinski definition) is 5. The molecule has 1 rings (SSSR count). The average Bonchev–Trinajstić information content (AvgIpc) is 2.43. The highest BCUT2D eigenvalue weighted by molar-refractivity contribution is 5.70. The van der Waals surface area contributed by atoms with Crippen LogP contribution in [0.5, 0.6) is 0 Å². The smallest absolute Gasteiger partial charge is 0.332 e. The molecule has 0 N–H and O–H groups in total. The van der Waals surface area contributed by atoms with Crippen LogP contribution < -0.4 is 0 Å². The first kappa shape index (κ1) is 15.6. The van der Waals surface area contributed by atoms with Crippen molar-refractivity contribution < 1.29 is 14.3 Å². The van der Waals surface area contributed by atoms with Gasteiger partial charge in [0.1, 0.15) is 6.61 Å². The van der Waals surface area contributed by atoms with Crippen LogP contribution in [0, 0.1) is 0 Å². The number of carbonyl (C=O) groups excluding carboxylic acids is 1. The van der Waals surface area contributed by atoms with Crippen molar-refractivity contribution in [3.63, 3.8) is 0 Å². The van der Waals surface area contributed by atoms with E-state index in [-0.39, 0.29) is 12.6 Å². The van der Waals surface area contributed by atoms with E-state index in [2.05, 4.69) is 9.88 Å². The van der Waals surface area contributed by atoms with Crippen molar-refractivity contribution in [1.29, 1.82) is 0 Å². The second kappa shape index (κ2) is 9.47. The zero-order valence-corrected chi connectivity index (χ0v) is 11.7. The van der Waals surface area contributed by atoms with Gasteiger partial charge in [0.2, 0.25) is 0 Å². The standard InChI is InChI=1S/C14H22N2O3/c1-3-19-14(17)12-18-11-10-16(2)9-6-13-4-7-15-8-5-13/h4-5,7-8H,3,6,9-12H2,1-2H3. The molecule has 0 atom stereocenters. The molecule has 0 bridgehead atoms. The summed E-state index contributed by atoms with van der Waals surface area (Å²) in [6, 6.07) is 4.04. The summed E-state index contributed by atoms with van der Waals surface area (Å²) in [5, 5.41) is 0. The third-order valence-corrected chi connectivity index (χ3v) is 2.67. The van der Waals surface area contributed by atoms with Crippen LogP contribution in [0.3, 0.4) is 0 Å². The molecule has 0 saturated heterocycles. The van der Waals surface area contributed by atoms with E-state index in [1.807, 2.05) is 19.2 Å². The van der Waals surface area contributed by atoms with E-state index < -0.39 is 0 Å². The molecule has 0 amide bonds. The fourth-order valence-corrected chi connectivity index (χ4v) is 1.56. The second-order valence-electron chi connectivity index (χ2n) is 4.27. The first-order chi connectivity index (χ1) is 9.22. The Morgan fingerprint density at radius 3 is 2.74 bits per heavy atom. The third kappa shape index (κ3) is 7.54. The number of aromatic nitrogens is 1. The number of pyridine rings is 1. The zero-order valence-electron chi connectivity index (χ0n) is 11.7. The summed E-state index contributed by atoms with van der Waals surface area (Å²) in [5.74, 6) is -0.304. The molecule has 1 aromatic heterocycles. The Labute approximate surface area is 114 Å². The Morgan fingerprint density at radius 1 is 1.32 bits per heavy atom. The Kier molecular flexibility index (Phi) is 7.77. The minimum atomic E-state index is -0.304. The van der Waals surface area contributed by atoms with Crippen molar-refractivity contribution in [2.75, 3.05) is 40.0 Å². The summed E-state index contributed by atoms with van der Waals surface area (Å²) in [7, 11) is 2.04. The largest absolute Gasteiger partial charge is 0.464 e. The Balaban J connectivity index is 2.05.